The number of pyridine rings is 2. The fourth-order valence-corrected chi connectivity index (χ4v) is 1.58. The Labute approximate surface area is 111 Å². The largest absolute Gasteiger partial charge is 0.318 e. The number of carbonyl (C=O) groups excluding carboxylic acids is 1. The molecule has 0 atom stereocenters. The van der Waals surface area contributed by atoms with Gasteiger partial charge in [0.05, 0.1) is 5.69 Å². The smallest absolute Gasteiger partial charge is 0.274 e. The summed E-state index contributed by atoms with van der Waals surface area (Å²) in [7, 11) is 0. The number of nitrogens with zero attached hydrogens (tertiary/aromatic N) is 2. The van der Waals surface area contributed by atoms with Crippen LogP contribution in [-0.2, 0) is 0 Å². The van der Waals surface area contributed by atoms with Gasteiger partial charge >= 0.3 is 0 Å². The molecule has 1 amide bonds. The highest BCUT2D eigenvalue weighted by Crippen LogP contribution is 2.18. The molecule has 17 heavy (non-hydrogen) atoms. The molecule has 0 spiro atoms. The van der Waals surface area contributed by atoms with Crippen LogP contribution in [0.5, 0.6) is 0 Å². The third-order valence-corrected chi connectivity index (χ3v) is 2.74. The highest BCUT2D eigenvalue weighted by molar-refractivity contribution is 9.10. The Kier molecular flexibility index (Phi) is 3.71. The lowest BCUT2D eigenvalue weighted by atomic mass is 10.3. The van der Waals surface area contributed by atoms with E-state index >= 15 is 0 Å². The molecule has 6 heteroatoms. The second kappa shape index (κ2) is 5.25. The summed E-state index contributed by atoms with van der Waals surface area (Å²) in [6, 6.07) is 6.72. The third-order valence-electron chi connectivity index (χ3n) is 1.97. The molecule has 0 bridgehead atoms. The molecular weight excluding hydrogens is 305 g/mol. The van der Waals surface area contributed by atoms with Gasteiger partial charge in [-0.2, -0.15) is 0 Å². The van der Waals surface area contributed by atoms with E-state index in [9.17, 15) is 4.79 Å². The van der Waals surface area contributed by atoms with Crippen LogP contribution in [0.2, 0.25) is 5.15 Å². The minimum absolute atomic E-state index is 0.248. The zero-order valence-electron chi connectivity index (χ0n) is 8.52. The minimum Gasteiger partial charge on any atom is -0.318 e. The van der Waals surface area contributed by atoms with Crippen LogP contribution in [0.1, 0.15) is 10.5 Å². The first-order valence-corrected chi connectivity index (χ1v) is 5.87. The van der Waals surface area contributed by atoms with Crippen molar-refractivity contribution in [3.05, 3.63) is 52.0 Å². The molecule has 2 rings (SSSR count). The molecule has 0 aliphatic carbocycles. The molecule has 0 aliphatic heterocycles. The zero-order valence-corrected chi connectivity index (χ0v) is 10.9. The van der Waals surface area contributed by atoms with Crippen molar-refractivity contribution in [3.63, 3.8) is 0 Å². The normalized spacial score (nSPS) is 10.0. The molecule has 2 aromatic rings. The van der Waals surface area contributed by atoms with Gasteiger partial charge in [-0.3, -0.25) is 4.79 Å². The zero-order chi connectivity index (χ0) is 12.3. The topological polar surface area (TPSA) is 54.9 Å². The van der Waals surface area contributed by atoms with E-state index in [1.54, 1.807) is 36.7 Å². The van der Waals surface area contributed by atoms with Crippen LogP contribution in [0, 0.1) is 0 Å². The average Bonchev–Trinajstić information content (AvgIpc) is 2.33. The predicted molar refractivity (Wildman–Crippen MR) is 69.1 cm³/mol. The van der Waals surface area contributed by atoms with Gasteiger partial charge in [0.1, 0.15) is 5.69 Å². The second-order valence-corrected chi connectivity index (χ2v) is 4.43. The molecule has 0 aliphatic rings. The highest BCUT2D eigenvalue weighted by atomic mass is 79.9. The van der Waals surface area contributed by atoms with Gasteiger partial charge in [-0.05, 0) is 40.2 Å². The maximum absolute atomic E-state index is 11.8. The number of rotatable bonds is 2. The Balaban J connectivity index is 2.17. The summed E-state index contributed by atoms with van der Waals surface area (Å²) in [5.41, 5.74) is 0.775. The fraction of sp³-hybridized carbons (Fsp3) is 0. The number of anilines is 1. The predicted octanol–water partition coefficient (Wildman–Crippen LogP) is 3.14. The number of halogens is 2. The van der Waals surface area contributed by atoms with Gasteiger partial charge < -0.3 is 5.32 Å². The van der Waals surface area contributed by atoms with Crippen molar-refractivity contribution in [2.45, 2.75) is 0 Å². The number of hydrogen-bond donors (Lipinski definition) is 1. The molecule has 2 heterocycles. The van der Waals surface area contributed by atoms with E-state index in [4.69, 9.17) is 11.6 Å². The van der Waals surface area contributed by atoms with Crippen LogP contribution < -0.4 is 5.32 Å². The first kappa shape index (κ1) is 12.0. The SMILES string of the molecule is O=C(Nc1cccnc1Cl)c1ccc(Br)cn1. The van der Waals surface area contributed by atoms with Gasteiger partial charge in [0.2, 0.25) is 0 Å². The Morgan fingerprint density at radius 3 is 2.76 bits per heavy atom. The van der Waals surface area contributed by atoms with E-state index < -0.39 is 0 Å². The van der Waals surface area contributed by atoms with E-state index in [0.29, 0.717) is 11.4 Å². The van der Waals surface area contributed by atoms with Crippen LogP contribution in [0.15, 0.2) is 41.1 Å². The lowest BCUT2D eigenvalue weighted by molar-refractivity contribution is 0.102. The number of aromatic nitrogens is 2. The summed E-state index contributed by atoms with van der Waals surface area (Å²) in [6.07, 6.45) is 3.11. The van der Waals surface area contributed by atoms with E-state index in [2.05, 4.69) is 31.2 Å². The van der Waals surface area contributed by atoms with Crippen molar-refractivity contribution in [1.82, 2.24) is 9.97 Å². The van der Waals surface area contributed by atoms with Gasteiger partial charge in [0.15, 0.2) is 5.15 Å². The Morgan fingerprint density at radius 2 is 2.12 bits per heavy atom. The number of nitrogens with one attached hydrogen (secondary N) is 1. The van der Waals surface area contributed by atoms with Crippen LogP contribution in [0.25, 0.3) is 0 Å². The number of carbonyl (C=O) groups is 1. The molecule has 4 nitrogen and oxygen atoms in total. The van der Waals surface area contributed by atoms with E-state index in [-0.39, 0.29) is 11.1 Å². The molecule has 0 radical (unpaired) electrons. The second-order valence-electron chi connectivity index (χ2n) is 3.16. The summed E-state index contributed by atoms with van der Waals surface area (Å²) in [6.45, 7) is 0. The third kappa shape index (κ3) is 3.01. The lowest BCUT2D eigenvalue weighted by Gasteiger charge is -2.05. The molecule has 0 fully saturated rings. The first-order chi connectivity index (χ1) is 8.16. The standard InChI is InChI=1S/C11H7BrClN3O/c12-7-3-4-9(15-6-7)11(17)16-8-2-1-5-14-10(8)13/h1-6H,(H,16,17). The van der Waals surface area contributed by atoms with Gasteiger partial charge in [0.25, 0.3) is 5.91 Å². The van der Waals surface area contributed by atoms with Crippen molar-refractivity contribution in [1.29, 1.82) is 0 Å². The van der Waals surface area contributed by atoms with Gasteiger partial charge in [-0.25, -0.2) is 9.97 Å². The van der Waals surface area contributed by atoms with Crippen LogP contribution in [-0.4, -0.2) is 15.9 Å². The maximum Gasteiger partial charge on any atom is 0.274 e. The van der Waals surface area contributed by atoms with Gasteiger partial charge in [-0.15, -0.1) is 0 Å². The summed E-state index contributed by atoms with van der Waals surface area (Å²) < 4.78 is 0.813. The van der Waals surface area contributed by atoms with Crippen molar-refractivity contribution in [2.24, 2.45) is 0 Å². The quantitative estimate of drug-likeness (QED) is 0.867. The van der Waals surface area contributed by atoms with Gasteiger partial charge in [-0.1, -0.05) is 11.6 Å². The van der Waals surface area contributed by atoms with Crippen molar-refractivity contribution in [2.75, 3.05) is 5.32 Å². The van der Waals surface area contributed by atoms with E-state index in [1.807, 2.05) is 0 Å². The Hall–Kier alpha value is -1.46. The van der Waals surface area contributed by atoms with E-state index in [1.165, 1.54) is 0 Å². The van der Waals surface area contributed by atoms with Gasteiger partial charge in [0, 0.05) is 16.9 Å². The molecule has 0 aromatic carbocycles. The first-order valence-electron chi connectivity index (χ1n) is 4.70. The summed E-state index contributed by atoms with van der Waals surface area (Å²) in [4.78, 5) is 19.6. The lowest BCUT2D eigenvalue weighted by Crippen LogP contribution is -2.13. The summed E-state index contributed by atoms with van der Waals surface area (Å²) >= 11 is 9.07. The average molecular weight is 313 g/mol. The molecule has 86 valence electrons. The minimum atomic E-state index is -0.326. The van der Waals surface area contributed by atoms with E-state index in [0.717, 1.165) is 4.47 Å². The molecule has 0 saturated heterocycles. The molecular formula is C11H7BrClN3O. The van der Waals surface area contributed by atoms with Crippen molar-refractivity contribution in [3.8, 4) is 0 Å². The summed E-state index contributed by atoms with van der Waals surface area (Å²) in [5.74, 6) is -0.326. The van der Waals surface area contributed by atoms with Crippen LogP contribution in [0.3, 0.4) is 0 Å². The molecule has 0 unspecified atom stereocenters. The van der Waals surface area contributed by atoms with Crippen molar-refractivity contribution < 1.29 is 4.79 Å². The Bertz CT molecular complexity index is 545. The number of hydrogen-bond acceptors (Lipinski definition) is 3. The Morgan fingerprint density at radius 1 is 1.29 bits per heavy atom. The molecule has 0 saturated carbocycles. The van der Waals surface area contributed by atoms with Crippen LogP contribution >= 0.6 is 27.5 Å². The monoisotopic (exact) mass is 311 g/mol. The maximum atomic E-state index is 11.8. The number of amides is 1. The highest BCUT2D eigenvalue weighted by Gasteiger charge is 2.09. The fourth-order valence-electron chi connectivity index (χ4n) is 1.18. The van der Waals surface area contributed by atoms with Crippen LogP contribution in [0.4, 0.5) is 5.69 Å². The molecule has 1 N–H and O–H groups in total. The van der Waals surface area contributed by atoms with Crippen molar-refractivity contribution >= 4 is 39.1 Å². The molecule has 2 aromatic heterocycles. The summed E-state index contributed by atoms with van der Waals surface area (Å²) in [5, 5.41) is 2.88.